The van der Waals surface area contributed by atoms with Crippen LogP contribution in [0, 0.1) is 0 Å². The topological polar surface area (TPSA) is 35.5 Å². The van der Waals surface area contributed by atoms with Gasteiger partial charge < -0.3 is 9.05 Å². The van der Waals surface area contributed by atoms with E-state index in [0.717, 1.165) is 25.7 Å². The fourth-order valence-corrected chi connectivity index (χ4v) is 4.99. The van der Waals surface area contributed by atoms with E-state index in [-0.39, 0.29) is 0 Å². The van der Waals surface area contributed by atoms with Crippen molar-refractivity contribution in [2.45, 2.75) is 124 Å². The molecule has 0 fully saturated rings. The van der Waals surface area contributed by atoms with E-state index in [2.05, 4.69) is 6.92 Å². The van der Waals surface area contributed by atoms with Crippen LogP contribution in [0.2, 0.25) is 0 Å². The van der Waals surface area contributed by atoms with Crippen LogP contribution in [0.25, 0.3) is 0 Å². The lowest BCUT2D eigenvalue weighted by molar-refractivity contribution is 0.204. The third-order valence-electron chi connectivity index (χ3n) is 4.77. The van der Waals surface area contributed by atoms with Crippen molar-refractivity contribution in [1.29, 1.82) is 0 Å². The first-order valence-electron chi connectivity index (χ1n) is 11.6. The van der Waals surface area contributed by atoms with Gasteiger partial charge in [0.1, 0.15) is 0 Å². The summed E-state index contributed by atoms with van der Waals surface area (Å²) in [5.74, 6) is 0. The van der Waals surface area contributed by atoms with Gasteiger partial charge in [0.15, 0.2) is 0 Å². The first-order valence-corrected chi connectivity index (χ1v) is 13.3. The third kappa shape index (κ3) is 17.6. The van der Waals surface area contributed by atoms with Crippen LogP contribution >= 0.6 is 7.60 Å². The van der Waals surface area contributed by atoms with Crippen molar-refractivity contribution >= 4 is 7.60 Å². The lowest BCUT2D eigenvalue weighted by atomic mass is 10.0. The van der Waals surface area contributed by atoms with Crippen LogP contribution in [-0.4, -0.2) is 19.4 Å². The molecule has 26 heavy (non-hydrogen) atoms. The van der Waals surface area contributed by atoms with Gasteiger partial charge in [0, 0.05) is 0 Å². The molecule has 0 aliphatic carbocycles. The van der Waals surface area contributed by atoms with Gasteiger partial charge in [-0.25, -0.2) is 0 Å². The molecule has 0 N–H and O–H groups in total. The number of hydrogen-bond donors (Lipinski definition) is 0. The maximum atomic E-state index is 12.6. The summed E-state index contributed by atoms with van der Waals surface area (Å²) < 4.78 is 23.7. The zero-order valence-corrected chi connectivity index (χ0v) is 19.0. The van der Waals surface area contributed by atoms with Gasteiger partial charge in [-0.05, 0) is 19.3 Å². The molecule has 0 aromatic rings. The molecule has 4 heteroatoms. The quantitative estimate of drug-likeness (QED) is 0.145. The zero-order chi connectivity index (χ0) is 19.3. The minimum absolute atomic E-state index is 0.541. The summed E-state index contributed by atoms with van der Waals surface area (Å²) in [6, 6.07) is 0. The van der Waals surface area contributed by atoms with Crippen molar-refractivity contribution in [1.82, 2.24) is 0 Å². The minimum Gasteiger partial charge on any atom is -0.309 e. The van der Waals surface area contributed by atoms with Crippen molar-refractivity contribution in [3.8, 4) is 0 Å². The van der Waals surface area contributed by atoms with Crippen LogP contribution in [-0.2, 0) is 13.6 Å². The van der Waals surface area contributed by atoms with Gasteiger partial charge in [-0.15, -0.1) is 0 Å². The Morgan fingerprint density at radius 1 is 0.500 bits per heavy atom. The van der Waals surface area contributed by atoms with E-state index < -0.39 is 7.60 Å². The van der Waals surface area contributed by atoms with Gasteiger partial charge in [0.25, 0.3) is 0 Å². The second-order valence-electron chi connectivity index (χ2n) is 7.60. The molecular weight excluding hydrogens is 343 g/mol. The summed E-state index contributed by atoms with van der Waals surface area (Å²) >= 11 is 0. The largest absolute Gasteiger partial charge is 0.330 e. The highest BCUT2D eigenvalue weighted by atomic mass is 31.2. The molecule has 0 unspecified atom stereocenters. The van der Waals surface area contributed by atoms with Crippen LogP contribution in [0.15, 0.2) is 0 Å². The Labute approximate surface area is 164 Å². The molecule has 0 aliphatic rings. The molecule has 0 rings (SSSR count). The molecule has 0 radical (unpaired) electrons. The van der Waals surface area contributed by atoms with E-state index in [4.69, 9.17) is 9.05 Å². The van der Waals surface area contributed by atoms with E-state index in [1.165, 1.54) is 77.0 Å². The SMILES string of the molecule is CCCCCCCCCCCCCCCCP(=O)(OCCC)OCCC. The molecule has 158 valence electrons. The zero-order valence-electron chi connectivity index (χ0n) is 18.1. The second kappa shape index (κ2) is 19.9. The Hall–Kier alpha value is 0.150. The smallest absolute Gasteiger partial charge is 0.309 e. The summed E-state index contributed by atoms with van der Waals surface area (Å²) in [4.78, 5) is 0. The second-order valence-corrected chi connectivity index (χ2v) is 9.78. The molecule has 0 aromatic heterocycles. The van der Waals surface area contributed by atoms with E-state index in [9.17, 15) is 4.57 Å². The normalized spacial score (nSPS) is 12.0. The predicted octanol–water partition coefficient (Wildman–Crippen LogP) is 8.51. The predicted molar refractivity (Wildman–Crippen MR) is 115 cm³/mol. The first kappa shape index (κ1) is 26.1. The molecule has 0 aromatic carbocycles. The standard InChI is InChI=1S/C22H47O3P/c1-4-7-8-9-10-11-12-13-14-15-16-17-18-19-22-26(23,24-20-5-2)25-21-6-3/h4-22H2,1-3H3. The Morgan fingerprint density at radius 3 is 1.19 bits per heavy atom. The average Bonchev–Trinajstić information content (AvgIpc) is 2.65. The molecule has 0 saturated heterocycles. The van der Waals surface area contributed by atoms with Crippen molar-refractivity contribution in [2.75, 3.05) is 19.4 Å². The highest BCUT2D eigenvalue weighted by Gasteiger charge is 2.23. The maximum Gasteiger partial charge on any atom is 0.330 e. The molecule has 0 spiro atoms. The number of unbranched alkanes of at least 4 members (excludes halogenated alkanes) is 13. The van der Waals surface area contributed by atoms with Crippen LogP contribution < -0.4 is 0 Å². The molecule has 0 amide bonds. The monoisotopic (exact) mass is 390 g/mol. The maximum absolute atomic E-state index is 12.6. The van der Waals surface area contributed by atoms with Crippen molar-refractivity contribution < 1.29 is 13.6 Å². The summed E-state index contributed by atoms with van der Waals surface area (Å²) in [7, 11) is -2.84. The summed E-state index contributed by atoms with van der Waals surface area (Å²) in [6.45, 7) is 7.44. The molecule has 0 saturated carbocycles. The fraction of sp³-hybridized carbons (Fsp3) is 1.00. The Balaban J connectivity index is 3.46. The molecule has 3 nitrogen and oxygen atoms in total. The molecule has 0 atom stereocenters. The summed E-state index contributed by atoms with van der Waals surface area (Å²) in [5.41, 5.74) is 0. The van der Waals surface area contributed by atoms with Crippen molar-refractivity contribution in [2.24, 2.45) is 0 Å². The Kier molecular flexibility index (Phi) is 20.0. The Bertz CT molecular complexity index is 309. The average molecular weight is 391 g/mol. The van der Waals surface area contributed by atoms with Gasteiger partial charge in [-0.3, -0.25) is 4.57 Å². The van der Waals surface area contributed by atoms with Gasteiger partial charge in [0.2, 0.25) is 0 Å². The Morgan fingerprint density at radius 2 is 0.846 bits per heavy atom. The van der Waals surface area contributed by atoms with Gasteiger partial charge in [0.05, 0.1) is 19.4 Å². The van der Waals surface area contributed by atoms with Crippen LogP contribution in [0.4, 0.5) is 0 Å². The molecule has 0 heterocycles. The van der Waals surface area contributed by atoms with Gasteiger partial charge >= 0.3 is 7.60 Å². The lowest BCUT2D eigenvalue weighted by Gasteiger charge is -2.18. The van der Waals surface area contributed by atoms with Gasteiger partial charge in [-0.2, -0.15) is 0 Å². The number of rotatable bonds is 21. The van der Waals surface area contributed by atoms with E-state index >= 15 is 0 Å². The van der Waals surface area contributed by atoms with E-state index in [1.54, 1.807) is 0 Å². The molecular formula is C22H47O3P. The lowest BCUT2D eigenvalue weighted by Crippen LogP contribution is -2.02. The minimum atomic E-state index is -2.84. The van der Waals surface area contributed by atoms with E-state index in [1.807, 2.05) is 13.8 Å². The van der Waals surface area contributed by atoms with Crippen molar-refractivity contribution in [3.63, 3.8) is 0 Å². The molecule has 0 bridgehead atoms. The van der Waals surface area contributed by atoms with E-state index in [0.29, 0.717) is 19.4 Å². The number of hydrogen-bond acceptors (Lipinski definition) is 3. The fourth-order valence-electron chi connectivity index (χ4n) is 3.13. The van der Waals surface area contributed by atoms with Crippen LogP contribution in [0.5, 0.6) is 0 Å². The van der Waals surface area contributed by atoms with Crippen molar-refractivity contribution in [3.05, 3.63) is 0 Å². The molecule has 0 aliphatic heterocycles. The van der Waals surface area contributed by atoms with Gasteiger partial charge in [-0.1, -0.05) is 104 Å². The summed E-state index contributed by atoms with van der Waals surface area (Å²) in [6.07, 6.45) is 21.0. The van der Waals surface area contributed by atoms with Crippen LogP contribution in [0.1, 0.15) is 124 Å². The summed E-state index contributed by atoms with van der Waals surface area (Å²) in [5, 5.41) is 0. The first-order chi connectivity index (χ1) is 12.7. The third-order valence-corrected chi connectivity index (χ3v) is 6.79. The highest BCUT2D eigenvalue weighted by molar-refractivity contribution is 7.53. The highest BCUT2D eigenvalue weighted by Crippen LogP contribution is 2.49. The van der Waals surface area contributed by atoms with Crippen LogP contribution in [0.3, 0.4) is 0 Å².